The second-order valence-electron chi connectivity index (χ2n) is 8.87. The highest BCUT2D eigenvalue weighted by Crippen LogP contribution is 2.32. The van der Waals surface area contributed by atoms with Crippen LogP contribution in [0.4, 0.5) is 5.82 Å². The summed E-state index contributed by atoms with van der Waals surface area (Å²) in [5.41, 5.74) is 3.91. The van der Waals surface area contributed by atoms with E-state index in [1.165, 1.54) is 16.7 Å². The average Bonchev–Trinajstić information content (AvgIpc) is 3.27. The lowest BCUT2D eigenvalue weighted by molar-refractivity contribution is -0.126. The van der Waals surface area contributed by atoms with Crippen molar-refractivity contribution in [3.05, 3.63) is 77.6 Å². The van der Waals surface area contributed by atoms with Crippen molar-refractivity contribution in [1.29, 1.82) is 0 Å². The largest absolute Gasteiger partial charge is 0.439 e. The quantitative estimate of drug-likeness (QED) is 0.591. The molecule has 1 fully saturated rings. The summed E-state index contributed by atoms with van der Waals surface area (Å²) in [4.78, 5) is 23.9. The van der Waals surface area contributed by atoms with Crippen LogP contribution in [0.5, 0.6) is 11.6 Å². The van der Waals surface area contributed by atoms with E-state index in [2.05, 4.69) is 63.5 Å². The van der Waals surface area contributed by atoms with E-state index in [-0.39, 0.29) is 17.9 Å². The number of amides is 1. The van der Waals surface area contributed by atoms with Gasteiger partial charge in [0.05, 0.1) is 6.04 Å². The number of hydrogen-bond acceptors (Lipinski definition) is 5. The van der Waals surface area contributed by atoms with E-state index in [0.717, 1.165) is 56.8 Å². The molecule has 0 unspecified atom stereocenters. The third-order valence-corrected chi connectivity index (χ3v) is 6.82. The summed E-state index contributed by atoms with van der Waals surface area (Å²) >= 11 is 0. The fourth-order valence-electron chi connectivity index (χ4n) is 4.84. The van der Waals surface area contributed by atoms with Crippen LogP contribution in [-0.4, -0.2) is 29.0 Å². The van der Waals surface area contributed by atoms with Crippen LogP contribution >= 0.6 is 0 Å². The second-order valence-corrected chi connectivity index (χ2v) is 8.87. The SMILES string of the molecule is CCc1ccc(Oc2cc(N3CCC(C(=O)N[C@@H]4CCc5ccccc54)CC3)ncn2)cc1. The molecule has 1 aliphatic carbocycles. The van der Waals surface area contributed by atoms with Crippen LogP contribution in [0, 0.1) is 5.92 Å². The number of carbonyl (C=O) groups excluding carboxylic acids is 1. The number of nitrogens with one attached hydrogen (secondary N) is 1. The Bertz CT molecular complexity index is 1110. The first-order valence-electron chi connectivity index (χ1n) is 11.9. The molecular formula is C27H30N4O2. The topological polar surface area (TPSA) is 67.3 Å². The van der Waals surface area contributed by atoms with Crippen LogP contribution < -0.4 is 15.0 Å². The Hall–Kier alpha value is -3.41. The van der Waals surface area contributed by atoms with E-state index in [0.29, 0.717) is 5.88 Å². The Kier molecular flexibility index (Phi) is 6.24. The molecule has 1 aromatic heterocycles. The molecule has 170 valence electrons. The first-order chi connectivity index (χ1) is 16.2. The molecule has 1 saturated heterocycles. The summed E-state index contributed by atoms with van der Waals surface area (Å²) in [5.74, 6) is 2.36. The molecule has 2 heterocycles. The standard InChI is InChI=1S/C27H30N4O2/c1-2-19-7-10-22(11-8-19)33-26-17-25(28-18-29-26)31-15-13-21(14-16-31)27(32)30-24-12-9-20-5-3-4-6-23(20)24/h3-8,10-11,17-18,21,24H,2,9,12-16H2,1H3,(H,30,32)/t24-/m1/s1. The Morgan fingerprint density at radius 1 is 1.06 bits per heavy atom. The van der Waals surface area contributed by atoms with Crippen LogP contribution in [0.1, 0.15) is 48.9 Å². The molecule has 6 heteroatoms. The minimum absolute atomic E-state index is 0.0450. The van der Waals surface area contributed by atoms with Gasteiger partial charge in [-0.25, -0.2) is 9.97 Å². The highest BCUT2D eigenvalue weighted by molar-refractivity contribution is 5.79. The van der Waals surface area contributed by atoms with Crippen molar-refractivity contribution in [3.8, 4) is 11.6 Å². The smallest absolute Gasteiger partial charge is 0.224 e. The predicted molar refractivity (Wildman–Crippen MR) is 129 cm³/mol. The van der Waals surface area contributed by atoms with E-state index in [9.17, 15) is 4.79 Å². The molecule has 1 amide bonds. The zero-order valence-corrected chi connectivity index (χ0v) is 19.0. The minimum atomic E-state index is 0.0450. The van der Waals surface area contributed by atoms with Gasteiger partial charge in [-0.2, -0.15) is 0 Å². The van der Waals surface area contributed by atoms with Crippen molar-refractivity contribution in [1.82, 2.24) is 15.3 Å². The maximum absolute atomic E-state index is 12.9. The molecule has 0 spiro atoms. The Labute approximate surface area is 195 Å². The van der Waals surface area contributed by atoms with Gasteiger partial charge < -0.3 is 15.0 Å². The number of benzene rings is 2. The van der Waals surface area contributed by atoms with Crippen molar-refractivity contribution < 1.29 is 9.53 Å². The molecule has 1 N–H and O–H groups in total. The number of piperidine rings is 1. The number of nitrogens with zero attached hydrogens (tertiary/aromatic N) is 3. The second kappa shape index (κ2) is 9.61. The number of fused-ring (bicyclic) bond motifs is 1. The number of aryl methyl sites for hydroxylation is 2. The maximum atomic E-state index is 12.9. The molecule has 3 aromatic rings. The monoisotopic (exact) mass is 442 g/mol. The zero-order valence-electron chi connectivity index (χ0n) is 19.0. The number of hydrogen-bond donors (Lipinski definition) is 1. The van der Waals surface area contributed by atoms with Gasteiger partial charge in [0.1, 0.15) is 17.9 Å². The van der Waals surface area contributed by atoms with Gasteiger partial charge in [0, 0.05) is 25.1 Å². The van der Waals surface area contributed by atoms with Gasteiger partial charge in [-0.05, 0) is 60.9 Å². The number of aromatic nitrogens is 2. The minimum Gasteiger partial charge on any atom is -0.439 e. The van der Waals surface area contributed by atoms with Crippen LogP contribution in [-0.2, 0) is 17.6 Å². The van der Waals surface area contributed by atoms with Gasteiger partial charge in [0.15, 0.2) is 0 Å². The number of carbonyl (C=O) groups is 1. The van der Waals surface area contributed by atoms with Crippen molar-refractivity contribution in [2.24, 2.45) is 5.92 Å². The summed E-state index contributed by atoms with van der Waals surface area (Å²) in [5, 5.41) is 3.30. The van der Waals surface area contributed by atoms with Crippen molar-refractivity contribution in [3.63, 3.8) is 0 Å². The molecule has 0 saturated carbocycles. The highest BCUT2D eigenvalue weighted by atomic mass is 16.5. The third kappa shape index (κ3) is 4.85. The van der Waals surface area contributed by atoms with Gasteiger partial charge in [0.2, 0.25) is 11.8 Å². The van der Waals surface area contributed by atoms with Gasteiger partial charge in [-0.15, -0.1) is 0 Å². The summed E-state index contributed by atoms with van der Waals surface area (Å²) in [6, 6.07) is 18.5. The predicted octanol–water partition coefficient (Wildman–Crippen LogP) is 4.85. The molecular weight excluding hydrogens is 412 g/mol. The van der Waals surface area contributed by atoms with E-state index in [4.69, 9.17) is 4.74 Å². The van der Waals surface area contributed by atoms with Crippen LogP contribution in [0.25, 0.3) is 0 Å². The van der Waals surface area contributed by atoms with Gasteiger partial charge in [-0.3, -0.25) is 4.79 Å². The fourth-order valence-corrected chi connectivity index (χ4v) is 4.84. The van der Waals surface area contributed by atoms with Crippen LogP contribution in [0.3, 0.4) is 0 Å². The maximum Gasteiger partial charge on any atom is 0.224 e. The van der Waals surface area contributed by atoms with Gasteiger partial charge in [-0.1, -0.05) is 43.3 Å². The molecule has 0 radical (unpaired) electrons. The Balaban J connectivity index is 1.16. The van der Waals surface area contributed by atoms with E-state index >= 15 is 0 Å². The molecule has 1 atom stereocenters. The van der Waals surface area contributed by atoms with Gasteiger partial charge >= 0.3 is 0 Å². The van der Waals surface area contributed by atoms with E-state index in [1.54, 1.807) is 6.33 Å². The first-order valence-corrected chi connectivity index (χ1v) is 11.9. The summed E-state index contributed by atoms with van der Waals surface area (Å²) in [6.45, 7) is 3.72. The third-order valence-electron chi connectivity index (χ3n) is 6.82. The van der Waals surface area contributed by atoms with E-state index in [1.807, 2.05) is 18.2 Å². The Morgan fingerprint density at radius 2 is 1.85 bits per heavy atom. The number of ether oxygens (including phenoxy) is 1. The van der Waals surface area contributed by atoms with Crippen LogP contribution in [0.2, 0.25) is 0 Å². The molecule has 1 aliphatic heterocycles. The Morgan fingerprint density at radius 3 is 2.64 bits per heavy atom. The van der Waals surface area contributed by atoms with Crippen molar-refractivity contribution >= 4 is 11.7 Å². The summed E-state index contributed by atoms with van der Waals surface area (Å²) in [6.07, 6.45) is 6.22. The fraction of sp³-hybridized carbons (Fsp3) is 0.370. The average molecular weight is 443 g/mol. The van der Waals surface area contributed by atoms with Gasteiger partial charge in [0.25, 0.3) is 0 Å². The first kappa shape index (κ1) is 21.4. The zero-order chi connectivity index (χ0) is 22.6. The lowest BCUT2D eigenvalue weighted by Gasteiger charge is -2.32. The number of anilines is 1. The molecule has 33 heavy (non-hydrogen) atoms. The van der Waals surface area contributed by atoms with Crippen molar-refractivity contribution in [2.45, 2.75) is 45.1 Å². The highest BCUT2D eigenvalue weighted by Gasteiger charge is 2.29. The lowest BCUT2D eigenvalue weighted by atomic mass is 9.95. The molecule has 6 nitrogen and oxygen atoms in total. The molecule has 5 rings (SSSR count). The summed E-state index contributed by atoms with van der Waals surface area (Å²) in [7, 11) is 0. The lowest BCUT2D eigenvalue weighted by Crippen LogP contribution is -2.41. The number of rotatable bonds is 6. The van der Waals surface area contributed by atoms with E-state index < -0.39 is 0 Å². The molecule has 0 bridgehead atoms. The van der Waals surface area contributed by atoms with Crippen molar-refractivity contribution in [2.75, 3.05) is 18.0 Å². The normalized spacial score (nSPS) is 18.1. The molecule has 2 aliphatic rings. The molecule has 2 aromatic carbocycles. The van der Waals surface area contributed by atoms with Crippen LogP contribution in [0.15, 0.2) is 60.9 Å². The summed E-state index contributed by atoms with van der Waals surface area (Å²) < 4.78 is 5.93.